The predicted octanol–water partition coefficient (Wildman–Crippen LogP) is 3.56. The van der Waals surface area contributed by atoms with E-state index >= 15 is 0 Å². The maximum absolute atomic E-state index is 13.8. The molecule has 21 heavy (non-hydrogen) atoms. The topological polar surface area (TPSA) is 42.0 Å². The number of aromatic nitrogens is 1. The lowest BCUT2D eigenvalue weighted by molar-refractivity contribution is 0.0939. The highest BCUT2D eigenvalue weighted by Gasteiger charge is 2.12. The highest BCUT2D eigenvalue weighted by atomic mass is 19.1. The zero-order valence-corrected chi connectivity index (χ0v) is 11.9. The third-order valence-corrected chi connectivity index (χ3v) is 3.23. The standard InChI is InChI=1S/C16H16F2N2O/c1-3-10(2)20-16(21)12-6-11(8-19-9-12)14-7-13(17)4-5-15(14)18/h4-10H,3H2,1-2H3,(H,20,21)/t10-/m1/s1. The van der Waals surface area contributed by atoms with E-state index in [1.165, 1.54) is 18.5 Å². The van der Waals surface area contributed by atoms with Crippen LogP contribution in [0.15, 0.2) is 36.7 Å². The van der Waals surface area contributed by atoms with Gasteiger partial charge in [-0.05, 0) is 37.6 Å². The number of benzene rings is 1. The zero-order chi connectivity index (χ0) is 15.4. The van der Waals surface area contributed by atoms with Crippen molar-refractivity contribution < 1.29 is 13.6 Å². The molecule has 0 spiro atoms. The summed E-state index contributed by atoms with van der Waals surface area (Å²) >= 11 is 0. The van der Waals surface area contributed by atoms with Gasteiger partial charge in [0.2, 0.25) is 0 Å². The summed E-state index contributed by atoms with van der Waals surface area (Å²) in [5.41, 5.74) is 0.765. The molecule has 1 amide bonds. The second-order valence-corrected chi connectivity index (χ2v) is 4.87. The molecule has 0 aliphatic carbocycles. The van der Waals surface area contributed by atoms with Gasteiger partial charge in [-0.3, -0.25) is 9.78 Å². The Hall–Kier alpha value is -2.30. The third-order valence-electron chi connectivity index (χ3n) is 3.23. The van der Waals surface area contributed by atoms with Gasteiger partial charge in [0.15, 0.2) is 0 Å². The molecular formula is C16H16F2N2O. The van der Waals surface area contributed by atoms with Crippen molar-refractivity contribution in [3.05, 3.63) is 53.9 Å². The predicted molar refractivity (Wildman–Crippen MR) is 76.8 cm³/mol. The molecule has 0 saturated heterocycles. The molecule has 0 aliphatic heterocycles. The van der Waals surface area contributed by atoms with E-state index in [2.05, 4.69) is 10.3 Å². The lowest BCUT2D eigenvalue weighted by Gasteiger charge is -2.12. The summed E-state index contributed by atoms with van der Waals surface area (Å²) in [5.74, 6) is -1.38. The smallest absolute Gasteiger partial charge is 0.253 e. The van der Waals surface area contributed by atoms with Crippen molar-refractivity contribution in [2.75, 3.05) is 0 Å². The summed E-state index contributed by atoms with van der Waals surface area (Å²) in [6.07, 6.45) is 3.60. The Morgan fingerprint density at radius 1 is 1.29 bits per heavy atom. The van der Waals surface area contributed by atoms with Crippen LogP contribution in [0.1, 0.15) is 30.6 Å². The molecule has 1 atom stereocenters. The van der Waals surface area contributed by atoms with Crippen molar-refractivity contribution >= 4 is 5.91 Å². The lowest BCUT2D eigenvalue weighted by Crippen LogP contribution is -2.31. The number of hydrogen-bond acceptors (Lipinski definition) is 2. The van der Waals surface area contributed by atoms with Crippen molar-refractivity contribution in [3.63, 3.8) is 0 Å². The van der Waals surface area contributed by atoms with E-state index in [-0.39, 0.29) is 17.5 Å². The van der Waals surface area contributed by atoms with Gasteiger partial charge in [0.1, 0.15) is 11.6 Å². The van der Waals surface area contributed by atoms with Gasteiger partial charge < -0.3 is 5.32 Å². The Kier molecular flexibility index (Phi) is 4.62. The van der Waals surface area contributed by atoms with E-state index in [0.717, 1.165) is 24.6 Å². The maximum Gasteiger partial charge on any atom is 0.253 e. The van der Waals surface area contributed by atoms with Crippen LogP contribution in [0.25, 0.3) is 11.1 Å². The number of halogens is 2. The third kappa shape index (κ3) is 3.62. The van der Waals surface area contributed by atoms with Gasteiger partial charge >= 0.3 is 0 Å². The van der Waals surface area contributed by atoms with E-state index in [9.17, 15) is 13.6 Å². The molecule has 110 valence electrons. The van der Waals surface area contributed by atoms with Crippen LogP contribution in [0.2, 0.25) is 0 Å². The molecule has 5 heteroatoms. The van der Waals surface area contributed by atoms with Crippen LogP contribution in [-0.2, 0) is 0 Å². The molecule has 1 aromatic heterocycles. The van der Waals surface area contributed by atoms with Crippen LogP contribution in [-0.4, -0.2) is 16.9 Å². The Morgan fingerprint density at radius 2 is 2.05 bits per heavy atom. The average molecular weight is 290 g/mol. The van der Waals surface area contributed by atoms with Crippen molar-refractivity contribution in [1.82, 2.24) is 10.3 Å². The van der Waals surface area contributed by atoms with Crippen LogP contribution >= 0.6 is 0 Å². The fourth-order valence-corrected chi connectivity index (χ4v) is 1.84. The van der Waals surface area contributed by atoms with Gasteiger partial charge in [-0.1, -0.05) is 6.92 Å². The summed E-state index contributed by atoms with van der Waals surface area (Å²) < 4.78 is 27.0. The summed E-state index contributed by atoms with van der Waals surface area (Å²) in [6, 6.07) is 4.72. The number of nitrogens with zero attached hydrogens (tertiary/aromatic N) is 1. The van der Waals surface area contributed by atoms with Crippen molar-refractivity contribution in [2.45, 2.75) is 26.3 Å². The molecule has 2 rings (SSSR count). The second kappa shape index (κ2) is 6.43. The number of hydrogen-bond donors (Lipinski definition) is 1. The normalized spacial score (nSPS) is 12.0. The molecule has 3 nitrogen and oxygen atoms in total. The Bertz CT molecular complexity index is 658. The summed E-state index contributed by atoms with van der Waals surface area (Å²) in [6.45, 7) is 3.85. The molecule has 0 unspecified atom stereocenters. The zero-order valence-electron chi connectivity index (χ0n) is 11.9. The molecule has 0 saturated carbocycles. The van der Waals surface area contributed by atoms with Crippen molar-refractivity contribution in [1.29, 1.82) is 0 Å². The van der Waals surface area contributed by atoms with Crippen molar-refractivity contribution in [2.24, 2.45) is 0 Å². The minimum atomic E-state index is -0.558. The van der Waals surface area contributed by atoms with Gasteiger partial charge in [0.05, 0.1) is 5.56 Å². The largest absolute Gasteiger partial charge is 0.350 e. The van der Waals surface area contributed by atoms with E-state index in [4.69, 9.17) is 0 Å². The first-order valence-electron chi connectivity index (χ1n) is 6.72. The quantitative estimate of drug-likeness (QED) is 0.935. The molecule has 0 aliphatic rings. The van der Waals surface area contributed by atoms with Crippen molar-refractivity contribution in [3.8, 4) is 11.1 Å². The van der Waals surface area contributed by atoms with Crippen LogP contribution in [0, 0.1) is 11.6 Å². The van der Waals surface area contributed by atoms with Gasteiger partial charge in [-0.2, -0.15) is 0 Å². The van der Waals surface area contributed by atoms with E-state index in [1.54, 1.807) is 0 Å². The molecule has 0 fully saturated rings. The average Bonchev–Trinajstić information content (AvgIpc) is 2.49. The number of carbonyl (C=O) groups is 1. The summed E-state index contributed by atoms with van der Waals surface area (Å²) in [4.78, 5) is 16.0. The first-order chi connectivity index (χ1) is 10.0. The van der Waals surface area contributed by atoms with E-state index in [1.807, 2.05) is 13.8 Å². The van der Waals surface area contributed by atoms with E-state index in [0.29, 0.717) is 11.1 Å². The van der Waals surface area contributed by atoms with Crippen LogP contribution in [0.5, 0.6) is 0 Å². The fraction of sp³-hybridized carbons (Fsp3) is 0.250. The SMILES string of the molecule is CC[C@@H](C)NC(=O)c1cncc(-c2cc(F)ccc2F)c1. The highest BCUT2D eigenvalue weighted by Crippen LogP contribution is 2.23. The molecule has 0 bridgehead atoms. The summed E-state index contributed by atoms with van der Waals surface area (Å²) in [5, 5.41) is 2.80. The molecule has 1 N–H and O–H groups in total. The Morgan fingerprint density at radius 3 is 2.76 bits per heavy atom. The highest BCUT2D eigenvalue weighted by molar-refractivity contribution is 5.95. The van der Waals surface area contributed by atoms with Gasteiger partial charge in [0, 0.05) is 29.6 Å². The second-order valence-electron chi connectivity index (χ2n) is 4.87. The minimum absolute atomic E-state index is 0.0343. The number of pyridine rings is 1. The number of rotatable bonds is 4. The number of nitrogens with one attached hydrogen (secondary N) is 1. The minimum Gasteiger partial charge on any atom is -0.350 e. The molecule has 1 heterocycles. The van der Waals surface area contributed by atoms with Gasteiger partial charge in [0.25, 0.3) is 5.91 Å². The molecule has 2 aromatic rings. The molecule has 0 radical (unpaired) electrons. The first kappa shape index (κ1) is 15.1. The molecule has 1 aromatic carbocycles. The van der Waals surface area contributed by atoms with Gasteiger partial charge in [-0.25, -0.2) is 8.78 Å². The Labute approximate surface area is 122 Å². The maximum atomic E-state index is 13.8. The Balaban J connectivity index is 2.33. The number of carbonyl (C=O) groups excluding carboxylic acids is 1. The van der Waals surface area contributed by atoms with Crippen LogP contribution in [0.4, 0.5) is 8.78 Å². The first-order valence-corrected chi connectivity index (χ1v) is 6.72. The fourth-order valence-electron chi connectivity index (χ4n) is 1.84. The monoisotopic (exact) mass is 290 g/mol. The van der Waals surface area contributed by atoms with E-state index < -0.39 is 11.6 Å². The lowest BCUT2D eigenvalue weighted by atomic mass is 10.0. The molecular weight excluding hydrogens is 274 g/mol. The van der Waals surface area contributed by atoms with Crippen LogP contribution < -0.4 is 5.32 Å². The summed E-state index contributed by atoms with van der Waals surface area (Å²) in [7, 11) is 0. The van der Waals surface area contributed by atoms with Crippen LogP contribution in [0.3, 0.4) is 0 Å². The number of amides is 1. The van der Waals surface area contributed by atoms with Gasteiger partial charge in [-0.15, -0.1) is 0 Å².